The van der Waals surface area contributed by atoms with E-state index in [1.165, 1.54) is 0 Å². The molecule has 0 aromatic heterocycles. The number of nitrogens with two attached hydrogens (primary N) is 1. The Morgan fingerprint density at radius 2 is 2.00 bits per heavy atom. The molecule has 0 spiro atoms. The number of ether oxygens (including phenoxy) is 1. The van der Waals surface area contributed by atoms with Crippen LogP contribution in [-0.4, -0.2) is 7.11 Å². The third kappa shape index (κ3) is 3.31. The highest BCUT2D eigenvalue weighted by Gasteiger charge is 2.15. The van der Waals surface area contributed by atoms with Crippen LogP contribution in [0.25, 0.3) is 0 Å². The maximum atomic E-state index is 6.00. The van der Waals surface area contributed by atoms with Gasteiger partial charge in [0.1, 0.15) is 5.75 Å². The van der Waals surface area contributed by atoms with Gasteiger partial charge >= 0.3 is 0 Å². The summed E-state index contributed by atoms with van der Waals surface area (Å²) in [5.41, 5.74) is 6.26. The van der Waals surface area contributed by atoms with Crippen molar-refractivity contribution in [3.8, 4) is 5.75 Å². The van der Waals surface area contributed by atoms with Gasteiger partial charge in [0.2, 0.25) is 0 Å². The van der Waals surface area contributed by atoms with Gasteiger partial charge in [-0.2, -0.15) is 0 Å². The van der Waals surface area contributed by atoms with Crippen LogP contribution in [0.2, 0.25) is 5.02 Å². The van der Waals surface area contributed by atoms with Gasteiger partial charge in [0.05, 0.1) is 13.2 Å². The van der Waals surface area contributed by atoms with E-state index in [1.807, 2.05) is 43.3 Å². The molecule has 0 heterocycles. The van der Waals surface area contributed by atoms with E-state index < -0.39 is 0 Å². The summed E-state index contributed by atoms with van der Waals surface area (Å²) in [6.07, 6.45) is 0.753. The molecule has 0 aliphatic carbocycles. The monoisotopic (exact) mass is 290 g/mol. The first-order valence-electron chi connectivity index (χ1n) is 6.49. The highest BCUT2D eigenvalue weighted by atomic mass is 35.5. The molecule has 2 aromatic rings. The highest BCUT2D eigenvalue weighted by molar-refractivity contribution is 6.30. The van der Waals surface area contributed by atoms with Gasteiger partial charge in [-0.05, 0) is 48.2 Å². The highest BCUT2D eigenvalue weighted by Crippen LogP contribution is 2.27. The lowest BCUT2D eigenvalue weighted by Gasteiger charge is -2.20. The van der Waals surface area contributed by atoms with Crippen molar-refractivity contribution in [2.75, 3.05) is 7.11 Å². The molecule has 3 N–H and O–H groups in total. The molecule has 2 rings (SSSR count). The van der Waals surface area contributed by atoms with Crippen molar-refractivity contribution in [1.82, 2.24) is 5.43 Å². The molecule has 3 nitrogen and oxygen atoms in total. The van der Waals surface area contributed by atoms with Crippen LogP contribution < -0.4 is 16.0 Å². The molecule has 2 aromatic carbocycles. The maximum Gasteiger partial charge on any atom is 0.122 e. The molecule has 1 atom stereocenters. The fraction of sp³-hybridized carbons (Fsp3) is 0.250. The molecule has 0 amide bonds. The molecule has 0 radical (unpaired) electrons. The van der Waals surface area contributed by atoms with Crippen molar-refractivity contribution in [3.05, 3.63) is 64.2 Å². The zero-order chi connectivity index (χ0) is 14.5. The normalized spacial score (nSPS) is 12.2. The summed E-state index contributed by atoms with van der Waals surface area (Å²) in [6.45, 7) is 2.04. The summed E-state index contributed by atoms with van der Waals surface area (Å²) in [5.74, 6) is 6.60. The molecule has 0 saturated carbocycles. The number of aryl methyl sites for hydroxylation is 1. The van der Waals surface area contributed by atoms with Gasteiger partial charge in [0, 0.05) is 5.02 Å². The van der Waals surface area contributed by atoms with E-state index in [9.17, 15) is 0 Å². The number of hydrogen-bond donors (Lipinski definition) is 2. The summed E-state index contributed by atoms with van der Waals surface area (Å²) in [7, 11) is 1.68. The van der Waals surface area contributed by atoms with Gasteiger partial charge in [0.25, 0.3) is 0 Å². The summed E-state index contributed by atoms with van der Waals surface area (Å²) in [4.78, 5) is 0. The fourth-order valence-electron chi connectivity index (χ4n) is 2.38. The van der Waals surface area contributed by atoms with E-state index in [0.717, 1.165) is 33.9 Å². The Morgan fingerprint density at radius 3 is 2.65 bits per heavy atom. The zero-order valence-corrected chi connectivity index (χ0v) is 12.4. The Kier molecular flexibility index (Phi) is 5.01. The van der Waals surface area contributed by atoms with Crippen molar-refractivity contribution >= 4 is 11.6 Å². The molecule has 0 aliphatic heterocycles. The van der Waals surface area contributed by atoms with Crippen molar-refractivity contribution in [3.63, 3.8) is 0 Å². The first kappa shape index (κ1) is 14.9. The lowest BCUT2D eigenvalue weighted by atomic mass is 9.95. The zero-order valence-electron chi connectivity index (χ0n) is 11.7. The van der Waals surface area contributed by atoms with E-state index in [1.54, 1.807) is 7.11 Å². The average Bonchev–Trinajstić information content (AvgIpc) is 2.46. The number of methoxy groups -OCH3 is 1. The number of hydrazine groups is 1. The third-order valence-electron chi connectivity index (χ3n) is 3.43. The molecule has 20 heavy (non-hydrogen) atoms. The smallest absolute Gasteiger partial charge is 0.122 e. The number of benzene rings is 2. The minimum Gasteiger partial charge on any atom is -0.496 e. The van der Waals surface area contributed by atoms with Crippen LogP contribution in [0.15, 0.2) is 42.5 Å². The van der Waals surface area contributed by atoms with Gasteiger partial charge in [-0.25, -0.2) is 0 Å². The number of halogens is 1. The van der Waals surface area contributed by atoms with Crippen LogP contribution in [0.4, 0.5) is 0 Å². The van der Waals surface area contributed by atoms with Gasteiger partial charge in [-0.1, -0.05) is 35.9 Å². The molecule has 0 aliphatic rings. The van der Waals surface area contributed by atoms with Crippen LogP contribution in [0, 0.1) is 6.92 Å². The van der Waals surface area contributed by atoms with Crippen molar-refractivity contribution in [2.45, 2.75) is 19.4 Å². The Labute approximate surface area is 124 Å². The maximum absolute atomic E-state index is 6.00. The summed E-state index contributed by atoms with van der Waals surface area (Å²) in [6, 6.07) is 13.8. The first-order chi connectivity index (χ1) is 9.65. The fourth-order valence-corrected chi connectivity index (χ4v) is 2.61. The molecular formula is C16H19ClN2O. The minimum absolute atomic E-state index is 0.0172. The standard InChI is InChI=1S/C16H19ClN2O/c1-11-9-13(17)7-8-14(11)15(19-18)10-12-5-3-4-6-16(12)20-2/h3-9,15,19H,10,18H2,1-2H3. The largest absolute Gasteiger partial charge is 0.496 e. The van der Waals surface area contributed by atoms with E-state index >= 15 is 0 Å². The van der Waals surface area contributed by atoms with E-state index in [2.05, 4.69) is 11.5 Å². The van der Waals surface area contributed by atoms with Crippen LogP contribution in [0.1, 0.15) is 22.7 Å². The molecule has 106 valence electrons. The lowest BCUT2D eigenvalue weighted by molar-refractivity contribution is 0.405. The first-order valence-corrected chi connectivity index (χ1v) is 6.87. The lowest BCUT2D eigenvalue weighted by Crippen LogP contribution is -2.30. The Balaban J connectivity index is 2.29. The Hall–Kier alpha value is -1.55. The summed E-state index contributed by atoms with van der Waals surface area (Å²) < 4.78 is 5.39. The van der Waals surface area contributed by atoms with Crippen molar-refractivity contribution in [2.24, 2.45) is 5.84 Å². The molecule has 1 unspecified atom stereocenters. The van der Waals surface area contributed by atoms with Gasteiger partial charge in [0.15, 0.2) is 0 Å². The third-order valence-corrected chi connectivity index (χ3v) is 3.66. The summed E-state index contributed by atoms with van der Waals surface area (Å²) in [5, 5.41) is 0.735. The van der Waals surface area contributed by atoms with E-state index in [-0.39, 0.29) is 6.04 Å². The van der Waals surface area contributed by atoms with Gasteiger partial charge in [-0.15, -0.1) is 0 Å². The van der Waals surface area contributed by atoms with Gasteiger partial charge in [-0.3, -0.25) is 11.3 Å². The Bertz CT molecular complexity index is 586. The number of hydrogen-bond acceptors (Lipinski definition) is 3. The number of para-hydroxylation sites is 1. The van der Waals surface area contributed by atoms with Crippen LogP contribution >= 0.6 is 11.6 Å². The predicted octanol–water partition coefficient (Wildman–Crippen LogP) is 3.40. The second kappa shape index (κ2) is 6.75. The number of nitrogens with one attached hydrogen (secondary N) is 1. The second-order valence-electron chi connectivity index (χ2n) is 4.74. The molecule has 4 heteroatoms. The molecular weight excluding hydrogens is 272 g/mol. The topological polar surface area (TPSA) is 47.3 Å². The minimum atomic E-state index is 0.0172. The average molecular weight is 291 g/mol. The Morgan fingerprint density at radius 1 is 1.25 bits per heavy atom. The molecule has 0 saturated heterocycles. The predicted molar refractivity (Wildman–Crippen MR) is 83.0 cm³/mol. The van der Waals surface area contributed by atoms with E-state index in [4.69, 9.17) is 22.2 Å². The van der Waals surface area contributed by atoms with Crippen LogP contribution in [0.3, 0.4) is 0 Å². The quantitative estimate of drug-likeness (QED) is 0.655. The van der Waals surface area contributed by atoms with Crippen molar-refractivity contribution < 1.29 is 4.74 Å². The summed E-state index contributed by atoms with van der Waals surface area (Å²) >= 11 is 6.00. The molecule has 0 bridgehead atoms. The van der Waals surface area contributed by atoms with Crippen LogP contribution in [-0.2, 0) is 6.42 Å². The second-order valence-corrected chi connectivity index (χ2v) is 5.17. The van der Waals surface area contributed by atoms with Gasteiger partial charge < -0.3 is 4.74 Å². The van der Waals surface area contributed by atoms with E-state index in [0.29, 0.717) is 0 Å². The van der Waals surface area contributed by atoms with Crippen molar-refractivity contribution in [1.29, 1.82) is 0 Å². The van der Waals surface area contributed by atoms with Crippen LogP contribution in [0.5, 0.6) is 5.75 Å². The molecule has 0 fully saturated rings. The SMILES string of the molecule is COc1ccccc1CC(NN)c1ccc(Cl)cc1C. The number of rotatable bonds is 5.